The van der Waals surface area contributed by atoms with Crippen molar-refractivity contribution < 1.29 is 9.21 Å². The first-order valence-electron chi connectivity index (χ1n) is 8.48. The Morgan fingerprint density at radius 3 is 2.68 bits per heavy atom. The fourth-order valence-electron chi connectivity index (χ4n) is 2.46. The van der Waals surface area contributed by atoms with E-state index in [2.05, 4.69) is 25.7 Å². The molecule has 0 spiro atoms. The van der Waals surface area contributed by atoms with Crippen molar-refractivity contribution in [3.63, 3.8) is 0 Å². The van der Waals surface area contributed by atoms with E-state index in [9.17, 15) is 4.79 Å². The molecule has 1 amide bonds. The number of hydrogen-bond acceptors (Lipinski definition) is 6. The summed E-state index contributed by atoms with van der Waals surface area (Å²) < 4.78 is 6.80. The topological polar surface area (TPSA) is 97.9 Å². The number of anilines is 3. The van der Waals surface area contributed by atoms with Gasteiger partial charge >= 0.3 is 0 Å². The predicted octanol–water partition coefficient (Wildman–Crippen LogP) is 3.65. The van der Waals surface area contributed by atoms with Crippen LogP contribution in [0.2, 0.25) is 0 Å². The Kier molecular flexibility index (Phi) is 4.92. The van der Waals surface area contributed by atoms with Crippen LogP contribution in [0.4, 0.5) is 17.2 Å². The molecule has 0 unspecified atom stereocenters. The number of carbonyl (C=O) groups excluding carboxylic acids is 1. The Morgan fingerprint density at radius 2 is 1.93 bits per heavy atom. The second kappa shape index (κ2) is 8.00. The average molecular weight is 372 g/mol. The Hall–Kier alpha value is -4.20. The zero-order valence-electron chi connectivity index (χ0n) is 14.7. The van der Waals surface area contributed by atoms with Gasteiger partial charge in [0.15, 0.2) is 5.82 Å². The lowest BCUT2D eigenvalue weighted by Crippen LogP contribution is -2.07. The first kappa shape index (κ1) is 17.2. The molecule has 8 nitrogen and oxygen atoms in total. The van der Waals surface area contributed by atoms with Gasteiger partial charge in [-0.2, -0.15) is 5.10 Å². The third kappa shape index (κ3) is 4.31. The van der Waals surface area contributed by atoms with E-state index in [0.29, 0.717) is 23.1 Å². The maximum atomic E-state index is 12.0. The van der Waals surface area contributed by atoms with Crippen LogP contribution < -0.4 is 10.6 Å². The minimum absolute atomic E-state index is 0.239. The SMILES string of the molecule is O=C(/C=C/c1ccco1)Nc1ccc(Nc2cc(-n3cccn3)ncn2)cc1. The van der Waals surface area contributed by atoms with E-state index in [-0.39, 0.29) is 5.91 Å². The predicted molar refractivity (Wildman–Crippen MR) is 105 cm³/mol. The summed E-state index contributed by atoms with van der Waals surface area (Å²) in [5.74, 6) is 1.68. The monoisotopic (exact) mass is 372 g/mol. The van der Waals surface area contributed by atoms with Crippen LogP contribution in [0.5, 0.6) is 0 Å². The highest BCUT2D eigenvalue weighted by Crippen LogP contribution is 2.18. The largest absolute Gasteiger partial charge is 0.465 e. The molecule has 0 fully saturated rings. The molecule has 138 valence electrons. The van der Waals surface area contributed by atoms with Crippen LogP contribution in [0, 0.1) is 0 Å². The quantitative estimate of drug-likeness (QED) is 0.501. The van der Waals surface area contributed by atoms with Crippen LogP contribution in [0.25, 0.3) is 11.9 Å². The summed E-state index contributed by atoms with van der Waals surface area (Å²) in [7, 11) is 0. The molecule has 0 saturated heterocycles. The highest BCUT2D eigenvalue weighted by Gasteiger charge is 2.03. The van der Waals surface area contributed by atoms with Crippen LogP contribution in [0.1, 0.15) is 5.76 Å². The number of benzene rings is 1. The van der Waals surface area contributed by atoms with E-state index in [1.807, 2.05) is 24.4 Å². The summed E-state index contributed by atoms with van der Waals surface area (Å²) in [5, 5.41) is 10.1. The molecule has 3 heterocycles. The van der Waals surface area contributed by atoms with Gasteiger partial charge in [-0.25, -0.2) is 14.6 Å². The number of carbonyl (C=O) groups is 1. The lowest BCUT2D eigenvalue weighted by Gasteiger charge is -2.08. The second-order valence-corrected chi connectivity index (χ2v) is 5.75. The molecule has 0 aliphatic carbocycles. The van der Waals surface area contributed by atoms with Crippen molar-refractivity contribution in [1.82, 2.24) is 19.7 Å². The van der Waals surface area contributed by atoms with Crippen LogP contribution in [-0.2, 0) is 4.79 Å². The smallest absolute Gasteiger partial charge is 0.248 e. The number of nitrogens with zero attached hydrogens (tertiary/aromatic N) is 4. The summed E-state index contributed by atoms with van der Waals surface area (Å²) in [5.41, 5.74) is 1.51. The fraction of sp³-hybridized carbons (Fsp3) is 0. The van der Waals surface area contributed by atoms with Crippen molar-refractivity contribution in [2.75, 3.05) is 10.6 Å². The Balaban J connectivity index is 1.38. The van der Waals surface area contributed by atoms with Gasteiger partial charge in [-0.3, -0.25) is 4.79 Å². The average Bonchev–Trinajstić information content (AvgIpc) is 3.42. The van der Waals surface area contributed by atoms with E-state index >= 15 is 0 Å². The first-order chi connectivity index (χ1) is 13.8. The van der Waals surface area contributed by atoms with E-state index in [0.717, 1.165) is 5.69 Å². The minimum Gasteiger partial charge on any atom is -0.465 e. The van der Waals surface area contributed by atoms with Crippen LogP contribution in [0.3, 0.4) is 0 Å². The minimum atomic E-state index is -0.239. The molecule has 1 aromatic carbocycles. The van der Waals surface area contributed by atoms with Crippen molar-refractivity contribution in [2.24, 2.45) is 0 Å². The first-order valence-corrected chi connectivity index (χ1v) is 8.48. The zero-order valence-corrected chi connectivity index (χ0v) is 14.7. The molecule has 0 radical (unpaired) electrons. The van der Waals surface area contributed by atoms with Crippen LogP contribution in [0.15, 0.2) is 84.0 Å². The lowest BCUT2D eigenvalue weighted by molar-refractivity contribution is -0.111. The molecule has 4 aromatic rings. The van der Waals surface area contributed by atoms with Crippen LogP contribution in [-0.4, -0.2) is 25.7 Å². The molecule has 3 aromatic heterocycles. The highest BCUT2D eigenvalue weighted by molar-refractivity contribution is 6.01. The molecule has 0 saturated carbocycles. The molecular formula is C20H16N6O2. The molecular weight excluding hydrogens is 356 g/mol. The Morgan fingerprint density at radius 1 is 1.07 bits per heavy atom. The van der Waals surface area contributed by atoms with Gasteiger partial charge in [-0.05, 0) is 48.5 Å². The van der Waals surface area contributed by atoms with Crippen molar-refractivity contribution in [3.8, 4) is 5.82 Å². The maximum absolute atomic E-state index is 12.0. The number of rotatable bonds is 6. The summed E-state index contributed by atoms with van der Waals surface area (Å²) in [6.45, 7) is 0. The summed E-state index contributed by atoms with van der Waals surface area (Å²) in [6.07, 6.45) is 9.55. The van der Waals surface area contributed by atoms with Gasteiger partial charge in [0.25, 0.3) is 0 Å². The maximum Gasteiger partial charge on any atom is 0.248 e. The molecule has 0 aliphatic rings. The van der Waals surface area contributed by atoms with Gasteiger partial charge in [0.2, 0.25) is 5.91 Å². The van der Waals surface area contributed by atoms with E-state index < -0.39 is 0 Å². The number of hydrogen-bond donors (Lipinski definition) is 2. The summed E-state index contributed by atoms with van der Waals surface area (Å²) in [4.78, 5) is 20.4. The number of nitrogens with one attached hydrogen (secondary N) is 2. The van der Waals surface area contributed by atoms with Crippen molar-refractivity contribution in [3.05, 3.63) is 85.4 Å². The third-order valence-corrected chi connectivity index (χ3v) is 3.76. The molecule has 0 atom stereocenters. The number of aromatic nitrogens is 4. The normalized spacial score (nSPS) is 10.9. The van der Waals surface area contributed by atoms with E-state index in [4.69, 9.17) is 4.42 Å². The summed E-state index contributed by atoms with van der Waals surface area (Å²) in [6, 6.07) is 14.5. The Bertz CT molecular complexity index is 1070. The molecule has 8 heteroatoms. The fourth-order valence-corrected chi connectivity index (χ4v) is 2.46. The molecule has 2 N–H and O–H groups in total. The van der Waals surface area contributed by atoms with Gasteiger partial charge in [0, 0.05) is 35.9 Å². The van der Waals surface area contributed by atoms with Gasteiger partial charge in [0.05, 0.1) is 6.26 Å². The third-order valence-electron chi connectivity index (χ3n) is 3.76. The van der Waals surface area contributed by atoms with Crippen molar-refractivity contribution in [1.29, 1.82) is 0 Å². The van der Waals surface area contributed by atoms with Crippen LogP contribution >= 0.6 is 0 Å². The molecule has 0 bridgehead atoms. The Labute approximate surface area is 160 Å². The van der Waals surface area contributed by atoms with Gasteiger partial charge < -0.3 is 15.1 Å². The van der Waals surface area contributed by atoms with Gasteiger partial charge in [0.1, 0.15) is 17.9 Å². The molecule has 0 aliphatic heterocycles. The number of furan rings is 1. The molecule has 28 heavy (non-hydrogen) atoms. The van der Waals surface area contributed by atoms with Gasteiger partial charge in [-0.15, -0.1) is 0 Å². The van der Waals surface area contributed by atoms with Gasteiger partial charge in [-0.1, -0.05) is 0 Å². The molecule has 4 rings (SSSR count). The van der Waals surface area contributed by atoms with Crippen molar-refractivity contribution in [2.45, 2.75) is 0 Å². The standard InChI is InChI=1S/C20H16N6O2/c27-20(9-8-17-3-1-12-28-17)25-16-6-4-15(5-7-16)24-18-13-19(22-14-21-18)26-11-2-10-23-26/h1-14H,(H,25,27)(H,21,22,24)/b9-8+. The lowest BCUT2D eigenvalue weighted by atomic mass is 10.2. The van der Waals surface area contributed by atoms with E-state index in [1.165, 1.54) is 12.4 Å². The zero-order chi connectivity index (χ0) is 19.2. The number of amides is 1. The van der Waals surface area contributed by atoms with Crippen molar-refractivity contribution >= 4 is 29.2 Å². The van der Waals surface area contributed by atoms with E-state index in [1.54, 1.807) is 53.5 Å². The summed E-state index contributed by atoms with van der Waals surface area (Å²) >= 11 is 0. The highest BCUT2D eigenvalue weighted by atomic mass is 16.3. The second-order valence-electron chi connectivity index (χ2n) is 5.75.